The quantitative estimate of drug-likeness (QED) is 0.903. The Morgan fingerprint density at radius 2 is 2.24 bits per heavy atom. The van der Waals surface area contributed by atoms with Crippen LogP contribution in [0.4, 0.5) is 10.6 Å². The van der Waals surface area contributed by atoms with Gasteiger partial charge in [-0.1, -0.05) is 0 Å². The number of aryl methyl sites for hydroxylation is 2. The molecule has 3 rings (SSSR count). The molecule has 1 saturated heterocycles. The molecule has 1 aliphatic heterocycles. The fourth-order valence-corrected chi connectivity index (χ4v) is 3.47. The van der Waals surface area contributed by atoms with Crippen molar-refractivity contribution in [2.45, 2.75) is 65.1 Å². The predicted octanol–water partition coefficient (Wildman–Crippen LogP) is 3.45. The summed E-state index contributed by atoms with van der Waals surface area (Å²) in [7, 11) is 0. The zero-order valence-corrected chi connectivity index (χ0v) is 15.4. The fourth-order valence-electron chi connectivity index (χ4n) is 3.47. The molecule has 0 aliphatic carbocycles. The van der Waals surface area contributed by atoms with E-state index in [-0.39, 0.29) is 18.1 Å². The predicted molar refractivity (Wildman–Crippen MR) is 97.6 cm³/mol. The zero-order valence-electron chi connectivity index (χ0n) is 15.4. The van der Waals surface area contributed by atoms with Crippen LogP contribution in [0.25, 0.3) is 0 Å². The molecule has 1 aliphatic rings. The number of aromatic nitrogens is 4. The van der Waals surface area contributed by atoms with Gasteiger partial charge in [-0.05, 0) is 52.5 Å². The first kappa shape index (κ1) is 17.5. The van der Waals surface area contributed by atoms with E-state index in [1.807, 2.05) is 39.5 Å². The normalized spacial score (nSPS) is 17.9. The molecule has 0 bridgehead atoms. The molecule has 7 nitrogen and oxygen atoms in total. The molecule has 0 spiro atoms. The molecule has 0 saturated carbocycles. The third-order valence-electron chi connectivity index (χ3n) is 4.72. The van der Waals surface area contributed by atoms with Crippen molar-refractivity contribution in [3.05, 3.63) is 30.2 Å². The van der Waals surface area contributed by atoms with E-state index in [2.05, 4.69) is 29.4 Å². The molecule has 1 fully saturated rings. The van der Waals surface area contributed by atoms with Gasteiger partial charge in [0, 0.05) is 43.6 Å². The highest BCUT2D eigenvalue weighted by molar-refractivity contribution is 5.88. The Bertz CT molecular complexity index is 690. The summed E-state index contributed by atoms with van der Waals surface area (Å²) < 4.78 is 3.80. The van der Waals surface area contributed by atoms with Crippen molar-refractivity contribution >= 4 is 11.8 Å². The van der Waals surface area contributed by atoms with Crippen LogP contribution in [-0.4, -0.2) is 43.1 Å². The Kier molecular flexibility index (Phi) is 5.40. The number of carbonyl (C=O) groups is 1. The van der Waals surface area contributed by atoms with Crippen LogP contribution in [0.1, 0.15) is 51.3 Å². The SMILES string of the molecule is Cc1cc(NC(=O)N2CCCC[C@H]2CCn2cccn2)n(C(C)C)n1. The molecule has 2 aromatic rings. The minimum Gasteiger partial charge on any atom is -0.321 e. The van der Waals surface area contributed by atoms with Gasteiger partial charge in [0.25, 0.3) is 0 Å². The monoisotopic (exact) mass is 344 g/mol. The highest BCUT2D eigenvalue weighted by atomic mass is 16.2. The van der Waals surface area contributed by atoms with Crippen molar-refractivity contribution in [3.63, 3.8) is 0 Å². The minimum absolute atomic E-state index is 0.0213. The van der Waals surface area contributed by atoms with Crippen LogP contribution in [0, 0.1) is 6.92 Å². The molecule has 0 unspecified atom stereocenters. The van der Waals surface area contributed by atoms with Crippen molar-refractivity contribution in [1.82, 2.24) is 24.5 Å². The highest BCUT2D eigenvalue weighted by Gasteiger charge is 2.27. The molecule has 7 heteroatoms. The van der Waals surface area contributed by atoms with Gasteiger partial charge >= 0.3 is 6.03 Å². The second-order valence-corrected chi connectivity index (χ2v) is 7.04. The summed E-state index contributed by atoms with van der Waals surface area (Å²) in [6, 6.07) is 4.31. The van der Waals surface area contributed by atoms with Crippen LogP contribution in [0.2, 0.25) is 0 Å². The molecule has 1 atom stereocenters. The van der Waals surface area contributed by atoms with Gasteiger partial charge in [-0.3, -0.25) is 10.00 Å². The lowest BCUT2D eigenvalue weighted by Crippen LogP contribution is -2.46. The van der Waals surface area contributed by atoms with E-state index >= 15 is 0 Å². The summed E-state index contributed by atoms with van der Waals surface area (Å²) in [6.07, 6.45) is 7.98. The van der Waals surface area contributed by atoms with Crippen molar-refractivity contribution in [2.75, 3.05) is 11.9 Å². The smallest absolute Gasteiger partial charge is 0.321 e. The third-order valence-corrected chi connectivity index (χ3v) is 4.72. The number of hydrogen-bond acceptors (Lipinski definition) is 3. The topological polar surface area (TPSA) is 68.0 Å². The number of likely N-dealkylation sites (tertiary alicyclic amines) is 1. The number of piperidine rings is 1. The number of carbonyl (C=O) groups excluding carboxylic acids is 1. The van der Waals surface area contributed by atoms with Crippen LogP contribution in [0.5, 0.6) is 0 Å². The first-order valence-electron chi connectivity index (χ1n) is 9.16. The maximum atomic E-state index is 12.9. The number of hydrogen-bond donors (Lipinski definition) is 1. The third kappa shape index (κ3) is 4.21. The van der Waals surface area contributed by atoms with Gasteiger partial charge in [0.2, 0.25) is 0 Å². The van der Waals surface area contributed by atoms with Gasteiger partial charge in [0.15, 0.2) is 0 Å². The zero-order chi connectivity index (χ0) is 17.8. The lowest BCUT2D eigenvalue weighted by Gasteiger charge is -2.35. The number of urea groups is 1. The van der Waals surface area contributed by atoms with Gasteiger partial charge in [-0.25, -0.2) is 9.48 Å². The minimum atomic E-state index is -0.0213. The maximum Gasteiger partial charge on any atom is 0.323 e. The Morgan fingerprint density at radius 3 is 2.96 bits per heavy atom. The van der Waals surface area contributed by atoms with Gasteiger partial charge in [0.1, 0.15) is 5.82 Å². The Balaban J connectivity index is 1.66. The van der Waals surface area contributed by atoms with Crippen LogP contribution >= 0.6 is 0 Å². The largest absolute Gasteiger partial charge is 0.323 e. The lowest BCUT2D eigenvalue weighted by atomic mass is 10.00. The van der Waals surface area contributed by atoms with Crippen LogP contribution in [0.15, 0.2) is 24.5 Å². The number of amides is 2. The van der Waals surface area contributed by atoms with E-state index in [0.717, 1.165) is 43.9 Å². The van der Waals surface area contributed by atoms with Crippen molar-refractivity contribution in [3.8, 4) is 0 Å². The maximum absolute atomic E-state index is 12.9. The summed E-state index contributed by atoms with van der Waals surface area (Å²) in [4.78, 5) is 14.9. The number of nitrogens with one attached hydrogen (secondary N) is 1. The van der Waals surface area contributed by atoms with E-state index in [0.29, 0.717) is 0 Å². The first-order chi connectivity index (χ1) is 12.0. The van der Waals surface area contributed by atoms with E-state index < -0.39 is 0 Å². The second-order valence-electron chi connectivity index (χ2n) is 7.04. The Hall–Kier alpha value is -2.31. The van der Waals surface area contributed by atoms with E-state index in [4.69, 9.17) is 0 Å². The van der Waals surface area contributed by atoms with Gasteiger partial charge in [-0.15, -0.1) is 0 Å². The van der Waals surface area contributed by atoms with Gasteiger partial charge in [0.05, 0.1) is 5.69 Å². The molecule has 0 radical (unpaired) electrons. The molecule has 1 N–H and O–H groups in total. The van der Waals surface area contributed by atoms with Crippen LogP contribution in [-0.2, 0) is 6.54 Å². The summed E-state index contributed by atoms with van der Waals surface area (Å²) >= 11 is 0. The molecular formula is C18H28N6O. The molecule has 0 aromatic carbocycles. The van der Waals surface area contributed by atoms with Gasteiger partial charge in [-0.2, -0.15) is 10.2 Å². The Morgan fingerprint density at radius 1 is 1.40 bits per heavy atom. The van der Waals surface area contributed by atoms with E-state index in [9.17, 15) is 4.79 Å². The number of anilines is 1. The van der Waals surface area contributed by atoms with Crippen molar-refractivity contribution in [2.24, 2.45) is 0 Å². The molecule has 3 heterocycles. The second kappa shape index (κ2) is 7.72. The number of nitrogens with zero attached hydrogens (tertiary/aromatic N) is 5. The molecule has 2 amide bonds. The van der Waals surface area contributed by atoms with Crippen LogP contribution in [0.3, 0.4) is 0 Å². The van der Waals surface area contributed by atoms with Crippen molar-refractivity contribution < 1.29 is 4.79 Å². The summed E-state index contributed by atoms with van der Waals surface area (Å²) in [5.74, 6) is 0.772. The summed E-state index contributed by atoms with van der Waals surface area (Å²) in [5, 5.41) is 11.8. The van der Waals surface area contributed by atoms with Crippen molar-refractivity contribution in [1.29, 1.82) is 0 Å². The molecule has 2 aromatic heterocycles. The average molecular weight is 344 g/mol. The number of rotatable bonds is 5. The highest BCUT2D eigenvalue weighted by Crippen LogP contribution is 2.23. The Labute approximate surface area is 149 Å². The van der Waals surface area contributed by atoms with E-state index in [1.165, 1.54) is 6.42 Å². The fraction of sp³-hybridized carbons (Fsp3) is 0.611. The van der Waals surface area contributed by atoms with Gasteiger partial charge < -0.3 is 4.90 Å². The molecule has 25 heavy (non-hydrogen) atoms. The van der Waals surface area contributed by atoms with E-state index in [1.54, 1.807) is 6.20 Å². The lowest BCUT2D eigenvalue weighted by molar-refractivity contribution is 0.154. The average Bonchev–Trinajstić information content (AvgIpc) is 3.22. The summed E-state index contributed by atoms with van der Waals surface area (Å²) in [5.41, 5.74) is 0.915. The standard InChI is InChI=1S/C18H28N6O/c1-14(2)24-17(13-15(3)21-24)20-18(25)23-11-5-4-7-16(23)8-12-22-10-6-9-19-22/h6,9-10,13-14,16H,4-5,7-8,11-12H2,1-3H3,(H,20,25)/t16-/m0/s1. The molecular weight excluding hydrogens is 316 g/mol. The molecule has 136 valence electrons. The summed E-state index contributed by atoms with van der Waals surface area (Å²) in [6.45, 7) is 7.73. The first-order valence-corrected chi connectivity index (χ1v) is 9.16. The van der Waals surface area contributed by atoms with Crippen LogP contribution < -0.4 is 5.32 Å².